The highest BCUT2D eigenvalue weighted by atomic mass is 35.5. The molecule has 0 unspecified atom stereocenters. The van der Waals surface area contributed by atoms with Gasteiger partial charge in [-0.25, -0.2) is 9.48 Å². The minimum Gasteiger partial charge on any atom is -0.478 e. The number of aryl methyl sites for hydroxylation is 1. The van der Waals surface area contributed by atoms with Crippen molar-refractivity contribution >= 4 is 17.6 Å². The second kappa shape index (κ2) is 4.45. The molecule has 0 aliphatic heterocycles. The summed E-state index contributed by atoms with van der Waals surface area (Å²) < 4.78 is 1.69. The van der Waals surface area contributed by atoms with Crippen LogP contribution in [0, 0.1) is 6.92 Å². The molecule has 0 atom stereocenters. The SMILES string of the molecule is Cc1nn(C2CCCCC2)c(Cl)c1C(=O)O. The predicted octanol–water partition coefficient (Wildman–Crippen LogP) is 3.05. The molecule has 1 aliphatic carbocycles. The highest BCUT2D eigenvalue weighted by Gasteiger charge is 2.24. The number of hydrogen-bond acceptors (Lipinski definition) is 2. The minimum absolute atomic E-state index is 0.146. The quantitative estimate of drug-likeness (QED) is 0.867. The number of nitrogens with zero attached hydrogens (tertiary/aromatic N) is 2. The van der Waals surface area contributed by atoms with Crippen LogP contribution in [-0.2, 0) is 0 Å². The number of aromatic nitrogens is 2. The van der Waals surface area contributed by atoms with Crippen molar-refractivity contribution in [3.8, 4) is 0 Å². The predicted molar refractivity (Wildman–Crippen MR) is 61.1 cm³/mol. The third kappa shape index (κ3) is 1.94. The number of carboxylic acids is 1. The van der Waals surface area contributed by atoms with E-state index < -0.39 is 5.97 Å². The Hall–Kier alpha value is -1.03. The summed E-state index contributed by atoms with van der Waals surface area (Å²) in [4.78, 5) is 11.0. The van der Waals surface area contributed by atoms with Crippen molar-refractivity contribution in [2.75, 3.05) is 0 Å². The Kier molecular flexibility index (Phi) is 3.19. The zero-order chi connectivity index (χ0) is 11.7. The van der Waals surface area contributed by atoms with Crippen LogP contribution >= 0.6 is 11.6 Å². The number of halogens is 1. The highest BCUT2D eigenvalue weighted by molar-refractivity contribution is 6.32. The zero-order valence-electron chi connectivity index (χ0n) is 9.24. The van der Waals surface area contributed by atoms with Crippen LogP contribution in [0.15, 0.2) is 0 Å². The van der Waals surface area contributed by atoms with Gasteiger partial charge in [-0.3, -0.25) is 0 Å². The first-order chi connectivity index (χ1) is 7.61. The zero-order valence-corrected chi connectivity index (χ0v) is 10.00. The van der Waals surface area contributed by atoms with E-state index in [2.05, 4.69) is 5.10 Å². The van der Waals surface area contributed by atoms with Crippen molar-refractivity contribution in [1.82, 2.24) is 9.78 Å². The van der Waals surface area contributed by atoms with Crippen LogP contribution in [0.25, 0.3) is 0 Å². The summed E-state index contributed by atoms with van der Waals surface area (Å²) in [5.41, 5.74) is 0.648. The molecule has 0 bridgehead atoms. The van der Waals surface area contributed by atoms with E-state index in [9.17, 15) is 4.79 Å². The van der Waals surface area contributed by atoms with Gasteiger partial charge in [0.1, 0.15) is 10.7 Å². The fourth-order valence-electron chi connectivity index (χ4n) is 2.33. The number of carboxylic acid groups (broad SMARTS) is 1. The van der Waals surface area contributed by atoms with Gasteiger partial charge in [-0.2, -0.15) is 5.10 Å². The normalized spacial score (nSPS) is 17.6. The van der Waals surface area contributed by atoms with Crippen LogP contribution in [0.2, 0.25) is 5.15 Å². The first-order valence-corrected chi connectivity index (χ1v) is 5.97. The fourth-order valence-corrected chi connectivity index (χ4v) is 2.72. The molecule has 1 aliphatic rings. The molecule has 0 radical (unpaired) electrons. The molecular formula is C11H15ClN2O2. The molecule has 0 saturated heterocycles. The summed E-state index contributed by atoms with van der Waals surface area (Å²) in [6.45, 7) is 1.69. The van der Waals surface area contributed by atoms with Gasteiger partial charge in [-0.15, -0.1) is 0 Å². The van der Waals surface area contributed by atoms with Crippen molar-refractivity contribution in [1.29, 1.82) is 0 Å². The van der Waals surface area contributed by atoms with E-state index in [-0.39, 0.29) is 16.8 Å². The van der Waals surface area contributed by atoms with Gasteiger partial charge >= 0.3 is 5.97 Å². The number of aromatic carboxylic acids is 1. The molecule has 0 spiro atoms. The Balaban J connectivity index is 2.34. The average Bonchev–Trinajstić information content (AvgIpc) is 2.55. The van der Waals surface area contributed by atoms with Crippen LogP contribution in [0.1, 0.15) is 54.2 Å². The summed E-state index contributed by atoms with van der Waals surface area (Å²) in [5, 5.41) is 13.6. The first-order valence-electron chi connectivity index (χ1n) is 5.59. The Morgan fingerprint density at radius 3 is 2.56 bits per heavy atom. The molecule has 1 fully saturated rings. The molecule has 1 aromatic heterocycles. The number of carbonyl (C=O) groups is 1. The maximum absolute atomic E-state index is 11.0. The van der Waals surface area contributed by atoms with Crippen molar-refractivity contribution in [2.24, 2.45) is 0 Å². The van der Waals surface area contributed by atoms with Crippen molar-refractivity contribution < 1.29 is 9.90 Å². The first kappa shape index (κ1) is 11.5. The van der Waals surface area contributed by atoms with Gasteiger partial charge in [0.25, 0.3) is 0 Å². The van der Waals surface area contributed by atoms with Crippen LogP contribution < -0.4 is 0 Å². The van der Waals surface area contributed by atoms with Crippen LogP contribution in [-0.4, -0.2) is 20.9 Å². The van der Waals surface area contributed by atoms with Gasteiger partial charge in [0.15, 0.2) is 0 Å². The standard InChI is InChI=1S/C11H15ClN2O2/c1-7-9(11(15)16)10(12)14(13-7)8-5-3-2-4-6-8/h8H,2-6H2,1H3,(H,15,16). The number of rotatable bonds is 2. The molecule has 1 aromatic rings. The Morgan fingerprint density at radius 1 is 1.44 bits per heavy atom. The summed E-state index contributed by atoms with van der Waals surface area (Å²) >= 11 is 6.08. The van der Waals surface area contributed by atoms with Crippen molar-refractivity contribution in [2.45, 2.75) is 45.1 Å². The fraction of sp³-hybridized carbons (Fsp3) is 0.636. The van der Waals surface area contributed by atoms with Gasteiger partial charge < -0.3 is 5.11 Å². The topological polar surface area (TPSA) is 55.1 Å². The van der Waals surface area contributed by atoms with E-state index in [1.807, 2.05) is 0 Å². The van der Waals surface area contributed by atoms with Gasteiger partial charge in [-0.1, -0.05) is 30.9 Å². The second-order valence-corrected chi connectivity index (χ2v) is 4.65. The third-order valence-corrected chi connectivity index (χ3v) is 3.52. The summed E-state index contributed by atoms with van der Waals surface area (Å²) in [7, 11) is 0. The van der Waals surface area contributed by atoms with E-state index in [1.165, 1.54) is 19.3 Å². The highest BCUT2D eigenvalue weighted by Crippen LogP contribution is 2.32. The van der Waals surface area contributed by atoms with Gasteiger partial charge in [-0.05, 0) is 19.8 Å². The van der Waals surface area contributed by atoms with Crippen LogP contribution in [0.5, 0.6) is 0 Å². The average molecular weight is 243 g/mol. The Labute approximate surface area is 99.2 Å². The summed E-state index contributed by atoms with van der Waals surface area (Å²) in [5.74, 6) is -0.996. The lowest BCUT2D eigenvalue weighted by atomic mass is 9.96. The molecule has 5 heteroatoms. The lowest BCUT2D eigenvalue weighted by Crippen LogP contribution is -2.14. The van der Waals surface area contributed by atoms with Crippen molar-refractivity contribution in [3.63, 3.8) is 0 Å². The molecule has 1 N–H and O–H groups in total. The number of hydrogen-bond donors (Lipinski definition) is 1. The van der Waals surface area contributed by atoms with Gasteiger partial charge in [0, 0.05) is 0 Å². The maximum atomic E-state index is 11.0. The van der Waals surface area contributed by atoms with E-state index in [4.69, 9.17) is 16.7 Å². The third-order valence-electron chi connectivity index (χ3n) is 3.16. The lowest BCUT2D eigenvalue weighted by molar-refractivity contribution is 0.0696. The van der Waals surface area contributed by atoms with E-state index in [0.717, 1.165) is 12.8 Å². The minimum atomic E-state index is -0.996. The maximum Gasteiger partial charge on any atom is 0.340 e. The molecule has 0 aromatic carbocycles. The smallest absolute Gasteiger partial charge is 0.340 e. The molecule has 4 nitrogen and oxygen atoms in total. The molecule has 88 valence electrons. The van der Waals surface area contributed by atoms with Crippen LogP contribution in [0.3, 0.4) is 0 Å². The Morgan fingerprint density at radius 2 is 2.06 bits per heavy atom. The summed E-state index contributed by atoms with van der Waals surface area (Å²) in [6, 6.07) is 0.271. The molecule has 16 heavy (non-hydrogen) atoms. The molecule has 0 amide bonds. The molecular weight excluding hydrogens is 228 g/mol. The van der Waals surface area contributed by atoms with Gasteiger partial charge in [0.2, 0.25) is 0 Å². The van der Waals surface area contributed by atoms with E-state index in [0.29, 0.717) is 5.69 Å². The van der Waals surface area contributed by atoms with E-state index >= 15 is 0 Å². The second-order valence-electron chi connectivity index (χ2n) is 4.29. The lowest BCUT2D eigenvalue weighted by Gasteiger charge is -2.22. The summed E-state index contributed by atoms with van der Waals surface area (Å²) in [6.07, 6.45) is 5.67. The largest absolute Gasteiger partial charge is 0.478 e. The molecule has 2 rings (SSSR count). The van der Waals surface area contributed by atoms with Crippen LogP contribution in [0.4, 0.5) is 0 Å². The molecule has 1 heterocycles. The monoisotopic (exact) mass is 242 g/mol. The molecule has 1 saturated carbocycles. The Bertz CT molecular complexity index is 408. The van der Waals surface area contributed by atoms with Gasteiger partial charge in [0.05, 0.1) is 11.7 Å². The van der Waals surface area contributed by atoms with E-state index in [1.54, 1.807) is 11.6 Å². The van der Waals surface area contributed by atoms with Crippen molar-refractivity contribution in [3.05, 3.63) is 16.4 Å².